The number of fused-ring (bicyclic) bond motifs is 1. The molecule has 0 radical (unpaired) electrons. The van der Waals surface area contributed by atoms with Gasteiger partial charge in [0, 0.05) is 41.7 Å². The highest BCUT2D eigenvalue weighted by molar-refractivity contribution is 6.01. The fourth-order valence-electron chi connectivity index (χ4n) is 4.30. The number of pyridine rings is 1. The topological polar surface area (TPSA) is 71.0 Å². The Hall–Kier alpha value is -3.80. The van der Waals surface area contributed by atoms with E-state index in [1.807, 2.05) is 73.7 Å². The number of carbonyl (C=O) groups is 1. The Morgan fingerprint density at radius 1 is 0.969 bits per heavy atom. The molecule has 6 nitrogen and oxygen atoms in total. The molecular weight excluding hydrogens is 398 g/mol. The highest BCUT2D eigenvalue weighted by Crippen LogP contribution is 2.28. The summed E-state index contributed by atoms with van der Waals surface area (Å²) in [4.78, 5) is 28.7. The molecule has 0 bridgehead atoms. The second kappa shape index (κ2) is 8.75. The molecule has 160 valence electrons. The molecule has 1 aliphatic rings. The zero-order chi connectivity index (χ0) is 21.9. The van der Waals surface area contributed by atoms with E-state index in [0.717, 1.165) is 65.3 Å². The van der Waals surface area contributed by atoms with E-state index in [0.29, 0.717) is 0 Å². The Balaban J connectivity index is 1.26. The van der Waals surface area contributed by atoms with Crippen molar-refractivity contribution >= 4 is 28.3 Å². The van der Waals surface area contributed by atoms with Crippen LogP contribution < -0.4 is 10.2 Å². The Labute approximate surface area is 187 Å². The van der Waals surface area contributed by atoms with Crippen LogP contribution >= 0.6 is 0 Å². The van der Waals surface area contributed by atoms with Gasteiger partial charge in [0.05, 0.1) is 16.9 Å². The van der Waals surface area contributed by atoms with Gasteiger partial charge in [0.25, 0.3) is 0 Å². The van der Waals surface area contributed by atoms with Gasteiger partial charge in [0.1, 0.15) is 12.1 Å². The van der Waals surface area contributed by atoms with Gasteiger partial charge in [0.15, 0.2) is 0 Å². The predicted octanol–water partition coefficient (Wildman–Crippen LogP) is 4.86. The van der Waals surface area contributed by atoms with Crippen LogP contribution in [-0.4, -0.2) is 33.9 Å². The number of benzene rings is 2. The maximum absolute atomic E-state index is 13.0. The lowest BCUT2D eigenvalue weighted by atomic mass is 9.95. The molecule has 1 amide bonds. The average Bonchev–Trinajstić information content (AvgIpc) is 2.84. The van der Waals surface area contributed by atoms with Crippen molar-refractivity contribution in [3.8, 4) is 11.3 Å². The number of nitrogens with one attached hydrogen (secondary N) is 1. The third-order valence-corrected chi connectivity index (χ3v) is 6.01. The molecule has 5 rings (SSSR count). The van der Waals surface area contributed by atoms with E-state index in [4.69, 9.17) is 0 Å². The number of carbonyl (C=O) groups excluding carboxylic acids is 1. The van der Waals surface area contributed by atoms with Crippen molar-refractivity contribution < 1.29 is 4.79 Å². The number of amides is 1. The smallest absolute Gasteiger partial charge is 0.227 e. The zero-order valence-electron chi connectivity index (χ0n) is 18.0. The number of anilines is 2. The van der Waals surface area contributed by atoms with E-state index >= 15 is 0 Å². The van der Waals surface area contributed by atoms with Gasteiger partial charge in [-0.3, -0.25) is 9.78 Å². The number of hydrogen-bond acceptors (Lipinski definition) is 5. The summed E-state index contributed by atoms with van der Waals surface area (Å²) in [5.74, 6) is 0.968. The summed E-state index contributed by atoms with van der Waals surface area (Å²) >= 11 is 0. The van der Waals surface area contributed by atoms with Crippen LogP contribution in [0.4, 0.5) is 11.5 Å². The van der Waals surface area contributed by atoms with Gasteiger partial charge < -0.3 is 10.2 Å². The Morgan fingerprint density at radius 2 is 1.72 bits per heavy atom. The SMILES string of the molecule is Cc1cc(NC(=O)C2CCN(c3cc(-c4ccccc4)ncn3)CC2)c2ccccc2n1. The van der Waals surface area contributed by atoms with Gasteiger partial charge in [-0.1, -0.05) is 48.5 Å². The van der Waals surface area contributed by atoms with Gasteiger partial charge in [-0.15, -0.1) is 0 Å². The first-order chi connectivity index (χ1) is 15.7. The first-order valence-electron chi connectivity index (χ1n) is 11.0. The lowest BCUT2D eigenvalue weighted by Gasteiger charge is -2.32. The molecule has 1 fully saturated rings. The molecular formula is C26H25N5O. The largest absolute Gasteiger partial charge is 0.356 e. The van der Waals surface area contributed by atoms with E-state index in [9.17, 15) is 4.79 Å². The van der Waals surface area contributed by atoms with E-state index < -0.39 is 0 Å². The van der Waals surface area contributed by atoms with Gasteiger partial charge in [0.2, 0.25) is 5.91 Å². The fourth-order valence-corrected chi connectivity index (χ4v) is 4.30. The average molecular weight is 424 g/mol. The van der Waals surface area contributed by atoms with Crippen LogP contribution in [0.25, 0.3) is 22.2 Å². The first-order valence-corrected chi connectivity index (χ1v) is 11.0. The molecule has 0 spiro atoms. The summed E-state index contributed by atoms with van der Waals surface area (Å²) in [5, 5.41) is 4.13. The number of nitrogens with zero attached hydrogens (tertiary/aromatic N) is 4. The molecule has 2 aromatic carbocycles. The Kier molecular flexibility index (Phi) is 5.50. The minimum absolute atomic E-state index is 0.0195. The quantitative estimate of drug-likeness (QED) is 0.508. The predicted molar refractivity (Wildman–Crippen MR) is 128 cm³/mol. The molecule has 3 heterocycles. The summed E-state index contributed by atoms with van der Waals surface area (Å²) < 4.78 is 0. The maximum Gasteiger partial charge on any atom is 0.227 e. The van der Waals surface area contributed by atoms with E-state index in [1.165, 1.54) is 0 Å². The van der Waals surface area contributed by atoms with Crippen LogP contribution in [-0.2, 0) is 4.79 Å². The van der Waals surface area contributed by atoms with Gasteiger partial charge in [-0.2, -0.15) is 0 Å². The second-order valence-corrected chi connectivity index (χ2v) is 8.21. The van der Waals surface area contributed by atoms with Crippen molar-refractivity contribution in [1.29, 1.82) is 0 Å². The fraction of sp³-hybridized carbons (Fsp3) is 0.231. The van der Waals surface area contributed by atoms with Gasteiger partial charge in [-0.05, 0) is 31.9 Å². The summed E-state index contributed by atoms with van der Waals surface area (Å²) in [6.07, 6.45) is 3.20. The number of rotatable bonds is 4. The third-order valence-electron chi connectivity index (χ3n) is 6.01. The van der Waals surface area contributed by atoms with Crippen LogP contribution in [0.5, 0.6) is 0 Å². The summed E-state index contributed by atoms with van der Waals surface area (Å²) in [7, 11) is 0. The molecule has 1 saturated heterocycles. The molecule has 32 heavy (non-hydrogen) atoms. The van der Waals surface area contributed by atoms with Crippen LogP contribution in [0.2, 0.25) is 0 Å². The van der Waals surface area contributed by atoms with Crippen LogP contribution in [0.1, 0.15) is 18.5 Å². The van der Waals surface area contributed by atoms with Crippen LogP contribution in [0, 0.1) is 12.8 Å². The highest BCUT2D eigenvalue weighted by Gasteiger charge is 2.26. The molecule has 1 N–H and O–H groups in total. The van der Waals surface area contributed by atoms with E-state index in [2.05, 4.69) is 25.2 Å². The van der Waals surface area contributed by atoms with Crippen molar-refractivity contribution in [3.63, 3.8) is 0 Å². The number of piperidine rings is 1. The lowest BCUT2D eigenvalue weighted by Crippen LogP contribution is -2.38. The van der Waals surface area contributed by atoms with Crippen molar-refractivity contribution in [1.82, 2.24) is 15.0 Å². The summed E-state index contributed by atoms with van der Waals surface area (Å²) in [6, 6.07) is 22.0. The van der Waals surface area contributed by atoms with Crippen molar-refractivity contribution in [2.45, 2.75) is 19.8 Å². The van der Waals surface area contributed by atoms with Gasteiger partial charge in [-0.25, -0.2) is 9.97 Å². The summed E-state index contributed by atoms with van der Waals surface area (Å²) in [6.45, 7) is 3.53. The minimum atomic E-state index is -0.0195. The Morgan fingerprint density at radius 3 is 2.53 bits per heavy atom. The highest BCUT2D eigenvalue weighted by atomic mass is 16.1. The molecule has 1 aliphatic heterocycles. The van der Waals surface area contributed by atoms with Gasteiger partial charge >= 0.3 is 0 Å². The summed E-state index contributed by atoms with van der Waals surface area (Å²) in [5.41, 5.74) is 4.62. The Bertz CT molecular complexity index is 1250. The van der Waals surface area contributed by atoms with E-state index in [1.54, 1.807) is 6.33 Å². The van der Waals surface area contributed by atoms with Crippen molar-refractivity contribution in [2.75, 3.05) is 23.3 Å². The molecule has 6 heteroatoms. The number of aryl methyl sites for hydroxylation is 1. The second-order valence-electron chi connectivity index (χ2n) is 8.21. The maximum atomic E-state index is 13.0. The number of aromatic nitrogens is 3. The number of para-hydroxylation sites is 1. The van der Waals surface area contributed by atoms with Crippen LogP contribution in [0.15, 0.2) is 73.1 Å². The van der Waals surface area contributed by atoms with Crippen molar-refractivity contribution in [3.05, 3.63) is 78.8 Å². The number of hydrogen-bond donors (Lipinski definition) is 1. The monoisotopic (exact) mass is 423 g/mol. The van der Waals surface area contributed by atoms with E-state index in [-0.39, 0.29) is 11.8 Å². The van der Waals surface area contributed by atoms with Crippen LogP contribution in [0.3, 0.4) is 0 Å². The first kappa shape index (κ1) is 20.1. The third kappa shape index (κ3) is 4.17. The molecule has 2 aromatic heterocycles. The van der Waals surface area contributed by atoms with Crippen molar-refractivity contribution in [2.24, 2.45) is 5.92 Å². The molecule has 0 aliphatic carbocycles. The zero-order valence-corrected chi connectivity index (χ0v) is 18.0. The lowest BCUT2D eigenvalue weighted by molar-refractivity contribution is -0.120. The molecule has 0 atom stereocenters. The standard InChI is InChI=1S/C26H25N5O/c1-18-15-24(21-9-5-6-10-22(21)29-18)30-26(32)20-11-13-31(14-12-20)25-16-23(27-17-28-25)19-7-3-2-4-8-19/h2-10,15-17,20H,11-14H2,1H3,(H,29,30,32). The molecule has 0 unspecified atom stereocenters. The molecule has 4 aromatic rings. The minimum Gasteiger partial charge on any atom is -0.356 e. The molecule has 0 saturated carbocycles. The normalized spacial score (nSPS) is 14.5.